The van der Waals surface area contributed by atoms with Gasteiger partial charge in [0.05, 0.1) is 21.0 Å². The number of nitro groups is 1. The van der Waals surface area contributed by atoms with Gasteiger partial charge in [0, 0.05) is 17.9 Å². The highest BCUT2D eigenvalue weighted by Crippen LogP contribution is 2.56. The van der Waals surface area contributed by atoms with E-state index in [4.69, 9.17) is 4.74 Å². The molecular weight excluding hydrogens is 481 g/mol. The minimum atomic E-state index is -4.93. The monoisotopic (exact) mass is 496 g/mol. The third-order valence-electron chi connectivity index (χ3n) is 4.43. The zero-order chi connectivity index (χ0) is 23.0. The quantitative estimate of drug-likeness (QED) is 0.208. The second-order valence-electron chi connectivity index (χ2n) is 6.47. The minimum Gasteiger partial charge on any atom is -0.456 e. The van der Waals surface area contributed by atoms with E-state index in [1.165, 1.54) is 36.0 Å². The Labute approximate surface area is 186 Å². The third kappa shape index (κ3) is 4.81. The van der Waals surface area contributed by atoms with E-state index in [1.54, 1.807) is 6.26 Å². The van der Waals surface area contributed by atoms with Gasteiger partial charge < -0.3 is 9.84 Å². The van der Waals surface area contributed by atoms with E-state index in [9.17, 15) is 38.0 Å². The Morgan fingerprint density at radius 1 is 1.42 bits per heavy atom. The summed E-state index contributed by atoms with van der Waals surface area (Å²) in [6.45, 7) is -0.307. The van der Waals surface area contributed by atoms with Gasteiger partial charge >= 0.3 is 12.1 Å². The lowest BCUT2D eigenvalue weighted by Gasteiger charge is -2.40. The van der Waals surface area contributed by atoms with Crippen LogP contribution in [0.25, 0.3) is 0 Å². The predicted octanol–water partition coefficient (Wildman–Crippen LogP) is 3.46. The van der Waals surface area contributed by atoms with Crippen molar-refractivity contribution < 1.29 is 37.5 Å². The molecule has 1 aromatic carbocycles. The number of non-ortho nitro benzene ring substituents is 1. The van der Waals surface area contributed by atoms with Crippen LogP contribution in [0, 0.1) is 10.1 Å². The van der Waals surface area contributed by atoms with Crippen LogP contribution >= 0.6 is 35.3 Å². The Morgan fingerprint density at radius 3 is 2.55 bits per heavy atom. The molecule has 2 saturated heterocycles. The number of amides is 1. The summed E-state index contributed by atoms with van der Waals surface area (Å²) in [5, 5.41) is 20.2. The highest BCUT2D eigenvalue weighted by atomic mass is 32.2. The minimum absolute atomic E-state index is 0.0695. The summed E-state index contributed by atoms with van der Waals surface area (Å²) in [6, 6.07) is 5.19. The maximum Gasteiger partial charge on any atom is 0.427 e. The number of thioether (sulfide) groups is 3. The molecule has 14 heteroatoms. The molecule has 2 fully saturated rings. The Morgan fingerprint density at radius 2 is 2.06 bits per heavy atom. The van der Waals surface area contributed by atoms with E-state index >= 15 is 0 Å². The standard InChI is InChI=1S/C17H15F3N2O6S3/c1-29-12-6-11(23)21(12)13(15-30-8-16(25,31-15)17(18,19)20)14(24)28-7-9-2-4-10(5-3-9)22(26)27/h2-5,12,25H,6-8H2,1H3. The van der Waals surface area contributed by atoms with E-state index < -0.39 is 39.0 Å². The van der Waals surface area contributed by atoms with Crippen LogP contribution in [0.3, 0.4) is 0 Å². The van der Waals surface area contributed by atoms with Crippen LogP contribution in [0.1, 0.15) is 12.0 Å². The fourth-order valence-electron chi connectivity index (χ4n) is 2.69. The van der Waals surface area contributed by atoms with Gasteiger partial charge in [0.25, 0.3) is 5.69 Å². The second kappa shape index (κ2) is 8.92. The molecule has 0 bridgehead atoms. The molecule has 1 N–H and O–H groups in total. The molecule has 31 heavy (non-hydrogen) atoms. The Kier molecular flexibility index (Phi) is 6.84. The summed E-state index contributed by atoms with van der Waals surface area (Å²) in [6.07, 6.45) is -3.12. The lowest BCUT2D eigenvalue weighted by molar-refractivity contribution is -0.384. The lowest BCUT2D eigenvalue weighted by Crippen LogP contribution is -2.51. The van der Waals surface area contributed by atoms with Crippen molar-refractivity contribution in [2.45, 2.75) is 29.5 Å². The molecule has 2 atom stereocenters. The van der Waals surface area contributed by atoms with Crippen molar-refractivity contribution in [2.24, 2.45) is 0 Å². The van der Waals surface area contributed by atoms with Crippen molar-refractivity contribution in [3.8, 4) is 0 Å². The molecule has 2 aliphatic rings. The first-order chi connectivity index (χ1) is 14.5. The number of carbonyl (C=O) groups excluding carboxylic acids is 2. The summed E-state index contributed by atoms with van der Waals surface area (Å²) in [4.78, 5) is 33.1. The highest BCUT2D eigenvalue weighted by molar-refractivity contribution is 8.26. The van der Waals surface area contributed by atoms with Gasteiger partial charge in [-0.2, -0.15) is 13.2 Å². The first-order valence-electron chi connectivity index (χ1n) is 8.57. The van der Waals surface area contributed by atoms with Crippen molar-refractivity contribution in [2.75, 3.05) is 12.0 Å². The molecule has 168 valence electrons. The SMILES string of the molecule is CSC1CC(=O)N1C(C(=O)OCc1ccc([N+](=O)[O-])cc1)=C1SCC(O)(C(F)(F)F)S1. The molecule has 2 heterocycles. The van der Waals surface area contributed by atoms with Crippen LogP contribution < -0.4 is 0 Å². The first-order valence-corrected chi connectivity index (χ1v) is 11.7. The van der Waals surface area contributed by atoms with E-state index in [0.29, 0.717) is 17.3 Å². The average molecular weight is 497 g/mol. The van der Waals surface area contributed by atoms with Crippen LogP contribution in [0.5, 0.6) is 0 Å². The first kappa shape index (κ1) is 23.8. The van der Waals surface area contributed by atoms with E-state index in [0.717, 1.165) is 4.90 Å². The molecule has 2 aliphatic heterocycles. The number of esters is 1. The van der Waals surface area contributed by atoms with Crippen LogP contribution in [0.4, 0.5) is 18.9 Å². The number of likely N-dealkylation sites (tertiary alicyclic amines) is 1. The van der Waals surface area contributed by atoms with Gasteiger partial charge in [0.2, 0.25) is 10.8 Å². The molecule has 2 unspecified atom stereocenters. The fraction of sp³-hybridized carbons (Fsp3) is 0.412. The second-order valence-corrected chi connectivity index (χ2v) is 10.0. The van der Waals surface area contributed by atoms with Gasteiger partial charge in [0.1, 0.15) is 6.61 Å². The molecule has 3 rings (SSSR count). The molecule has 8 nitrogen and oxygen atoms in total. The number of benzene rings is 1. The molecule has 0 saturated carbocycles. The van der Waals surface area contributed by atoms with Crippen LogP contribution in [0.15, 0.2) is 34.2 Å². The van der Waals surface area contributed by atoms with Gasteiger partial charge in [0.15, 0.2) is 5.70 Å². The Bertz CT molecular complexity index is 940. The largest absolute Gasteiger partial charge is 0.456 e. The molecule has 1 aromatic rings. The van der Waals surface area contributed by atoms with Crippen LogP contribution in [0.2, 0.25) is 0 Å². The zero-order valence-corrected chi connectivity index (χ0v) is 18.2. The summed E-state index contributed by atoms with van der Waals surface area (Å²) >= 11 is 1.94. The molecule has 0 spiro atoms. The number of β-lactam (4-membered cyclic amide) rings is 1. The van der Waals surface area contributed by atoms with Crippen molar-refractivity contribution in [3.05, 3.63) is 49.9 Å². The number of hydrogen-bond donors (Lipinski definition) is 1. The van der Waals surface area contributed by atoms with Gasteiger partial charge in [-0.1, -0.05) is 11.8 Å². The number of rotatable bonds is 6. The van der Waals surface area contributed by atoms with Gasteiger partial charge in [-0.15, -0.1) is 23.5 Å². The Balaban J connectivity index is 1.84. The van der Waals surface area contributed by atoms with Crippen molar-refractivity contribution in [1.82, 2.24) is 4.90 Å². The average Bonchev–Trinajstić information content (AvgIpc) is 3.11. The van der Waals surface area contributed by atoms with Crippen LogP contribution in [-0.2, 0) is 20.9 Å². The van der Waals surface area contributed by atoms with Gasteiger partial charge in [-0.3, -0.25) is 19.8 Å². The number of halogens is 3. The maximum atomic E-state index is 13.2. The number of carbonyl (C=O) groups is 2. The maximum absolute atomic E-state index is 13.2. The number of alkyl halides is 3. The number of ether oxygens (including phenoxy) is 1. The predicted molar refractivity (Wildman–Crippen MR) is 110 cm³/mol. The summed E-state index contributed by atoms with van der Waals surface area (Å²) in [5.41, 5.74) is -0.0806. The van der Waals surface area contributed by atoms with Crippen molar-refractivity contribution in [1.29, 1.82) is 0 Å². The smallest absolute Gasteiger partial charge is 0.427 e. The van der Waals surface area contributed by atoms with Crippen LogP contribution in [-0.4, -0.2) is 55.3 Å². The topological polar surface area (TPSA) is 110 Å². The number of nitrogens with zero attached hydrogens (tertiary/aromatic N) is 2. The summed E-state index contributed by atoms with van der Waals surface area (Å²) in [5.74, 6) is -2.20. The van der Waals surface area contributed by atoms with Gasteiger partial charge in [-0.05, 0) is 24.0 Å². The third-order valence-corrected chi connectivity index (χ3v) is 8.24. The molecule has 0 aromatic heterocycles. The normalized spacial score (nSPS) is 25.3. The highest BCUT2D eigenvalue weighted by Gasteiger charge is 2.59. The molecular formula is C17H15F3N2O6S3. The molecule has 0 radical (unpaired) electrons. The number of aliphatic hydroxyl groups is 1. The van der Waals surface area contributed by atoms with E-state index in [1.807, 2.05) is 0 Å². The van der Waals surface area contributed by atoms with E-state index in [-0.39, 0.29) is 40.4 Å². The van der Waals surface area contributed by atoms with Gasteiger partial charge in [-0.25, -0.2) is 4.79 Å². The van der Waals surface area contributed by atoms with Crippen molar-refractivity contribution >= 4 is 52.8 Å². The number of nitro benzene ring substituents is 1. The van der Waals surface area contributed by atoms with Crippen molar-refractivity contribution in [3.63, 3.8) is 0 Å². The zero-order valence-electron chi connectivity index (χ0n) is 15.7. The summed E-state index contributed by atoms with van der Waals surface area (Å²) in [7, 11) is 0. The lowest BCUT2D eigenvalue weighted by atomic mass is 10.2. The summed E-state index contributed by atoms with van der Waals surface area (Å²) < 4.78 is 44.7. The number of hydrogen-bond acceptors (Lipinski definition) is 9. The van der Waals surface area contributed by atoms with E-state index in [2.05, 4.69) is 0 Å². The Hall–Kier alpha value is -1.90. The molecule has 0 aliphatic carbocycles. The molecule has 1 amide bonds. The fourth-order valence-corrected chi connectivity index (χ4v) is 6.18.